The number of hydrogen-bond donors (Lipinski definition) is 2. The lowest BCUT2D eigenvalue weighted by Crippen LogP contribution is -2.19. The summed E-state index contributed by atoms with van der Waals surface area (Å²) in [6.07, 6.45) is 0. The van der Waals surface area contributed by atoms with Crippen LogP contribution in [0.5, 0.6) is 0 Å². The van der Waals surface area contributed by atoms with Gasteiger partial charge in [-0.25, -0.2) is 4.98 Å². The number of H-pyrrole nitrogens is 1. The molecule has 136 valence electrons. The van der Waals surface area contributed by atoms with Crippen LogP contribution in [-0.2, 0) is 11.3 Å². The summed E-state index contributed by atoms with van der Waals surface area (Å²) < 4.78 is 2.09. The van der Waals surface area contributed by atoms with Crippen molar-refractivity contribution in [2.45, 2.75) is 13.5 Å². The van der Waals surface area contributed by atoms with Crippen LogP contribution in [0.15, 0.2) is 47.2 Å². The minimum absolute atomic E-state index is 0.0620. The first-order valence-electron chi connectivity index (χ1n) is 8.11. The van der Waals surface area contributed by atoms with Gasteiger partial charge in [-0.05, 0) is 36.7 Å². The van der Waals surface area contributed by atoms with E-state index in [1.54, 1.807) is 15.9 Å². The topological polar surface area (TPSA) is 75.6 Å². The third kappa shape index (κ3) is 3.90. The normalized spacial score (nSPS) is 10.9. The molecule has 0 aliphatic rings. The second-order valence-electron chi connectivity index (χ2n) is 5.87. The van der Waals surface area contributed by atoms with E-state index in [0.29, 0.717) is 15.7 Å². The van der Waals surface area contributed by atoms with E-state index in [1.165, 1.54) is 11.3 Å². The Balaban J connectivity index is 1.52. The number of aromatic amines is 1. The number of aromatic nitrogens is 4. The number of benzene rings is 1. The number of thiazole rings is 1. The summed E-state index contributed by atoms with van der Waals surface area (Å²) in [5.41, 5.74) is 2.89. The minimum atomic E-state index is -0.200. The van der Waals surface area contributed by atoms with Gasteiger partial charge < -0.3 is 5.32 Å². The van der Waals surface area contributed by atoms with E-state index in [4.69, 9.17) is 12.2 Å². The highest BCUT2D eigenvalue weighted by Gasteiger charge is 2.14. The number of nitrogens with one attached hydrogen (secondary N) is 2. The van der Waals surface area contributed by atoms with Crippen molar-refractivity contribution in [2.24, 2.45) is 0 Å². The fraction of sp³-hybridized carbons (Fsp3) is 0.111. The van der Waals surface area contributed by atoms with Crippen LogP contribution in [0.4, 0.5) is 5.13 Å². The van der Waals surface area contributed by atoms with Gasteiger partial charge in [0, 0.05) is 10.9 Å². The summed E-state index contributed by atoms with van der Waals surface area (Å²) in [7, 11) is 0. The Hall–Kier alpha value is -2.62. The van der Waals surface area contributed by atoms with Crippen LogP contribution >= 0.6 is 34.9 Å². The van der Waals surface area contributed by atoms with Crippen LogP contribution in [0.3, 0.4) is 0 Å². The average molecular weight is 414 g/mol. The van der Waals surface area contributed by atoms with Crippen LogP contribution in [-0.4, -0.2) is 25.7 Å². The largest absolute Gasteiger partial charge is 0.300 e. The van der Waals surface area contributed by atoms with E-state index in [-0.39, 0.29) is 12.5 Å². The van der Waals surface area contributed by atoms with Crippen LogP contribution in [0.2, 0.25) is 0 Å². The van der Waals surface area contributed by atoms with E-state index in [0.717, 1.165) is 21.7 Å². The monoisotopic (exact) mass is 413 g/mol. The van der Waals surface area contributed by atoms with E-state index < -0.39 is 0 Å². The van der Waals surface area contributed by atoms with Crippen molar-refractivity contribution >= 4 is 45.9 Å². The lowest BCUT2D eigenvalue weighted by atomic mass is 10.1. The standard InChI is InChI=1S/C18H15N5OS3/c1-11-4-2-5-12(8-11)16-21-22-18(25)23(16)9-15(24)20-17-19-13(10-27-17)14-6-3-7-26-14/h2-8,10H,9H2,1H3,(H,22,25)(H,19,20,24). The molecule has 1 amide bonds. The van der Waals surface area contributed by atoms with Crippen molar-refractivity contribution in [1.82, 2.24) is 19.7 Å². The number of anilines is 1. The van der Waals surface area contributed by atoms with Gasteiger partial charge in [0.15, 0.2) is 15.7 Å². The molecule has 1 aromatic carbocycles. The van der Waals surface area contributed by atoms with E-state index >= 15 is 0 Å². The van der Waals surface area contributed by atoms with E-state index in [1.807, 2.05) is 54.1 Å². The maximum atomic E-state index is 12.5. The van der Waals surface area contributed by atoms with Crippen molar-refractivity contribution in [3.63, 3.8) is 0 Å². The number of carbonyl (C=O) groups is 1. The SMILES string of the molecule is Cc1cccc(-c2n[nH]c(=S)n2CC(=O)Nc2nc(-c3cccs3)cs2)c1. The molecular weight excluding hydrogens is 398 g/mol. The second-order valence-corrected chi connectivity index (χ2v) is 8.06. The van der Waals surface area contributed by atoms with E-state index in [2.05, 4.69) is 20.5 Å². The summed E-state index contributed by atoms with van der Waals surface area (Å²) in [6.45, 7) is 2.07. The summed E-state index contributed by atoms with van der Waals surface area (Å²) in [5, 5.41) is 14.4. The fourth-order valence-corrected chi connectivity index (χ4v) is 4.32. The molecule has 27 heavy (non-hydrogen) atoms. The molecule has 0 fully saturated rings. The third-order valence-corrected chi connectivity index (χ3v) is 5.82. The van der Waals surface area contributed by atoms with E-state index in [9.17, 15) is 4.79 Å². The van der Waals surface area contributed by atoms with Gasteiger partial charge >= 0.3 is 0 Å². The number of thiophene rings is 1. The molecule has 0 saturated heterocycles. The Kier molecular flexibility index (Phi) is 4.97. The first-order chi connectivity index (χ1) is 13.1. The Morgan fingerprint density at radius 2 is 2.19 bits per heavy atom. The van der Waals surface area contributed by atoms with Gasteiger partial charge in [-0.2, -0.15) is 5.10 Å². The zero-order chi connectivity index (χ0) is 18.8. The quantitative estimate of drug-likeness (QED) is 0.463. The molecule has 0 radical (unpaired) electrons. The first-order valence-corrected chi connectivity index (χ1v) is 10.3. The molecule has 3 heterocycles. The second kappa shape index (κ2) is 7.55. The number of nitrogens with zero attached hydrogens (tertiary/aromatic N) is 3. The van der Waals surface area contributed by atoms with Crippen LogP contribution in [0, 0.1) is 11.7 Å². The van der Waals surface area contributed by atoms with Gasteiger partial charge in [0.05, 0.1) is 10.6 Å². The van der Waals surface area contributed by atoms with Gasteiger partial charge in [0.1, 0.15) is 6.54 Å². The van der Waals surface area contributed by atoms with Crippen LogP contribution in [0.1, 0.15) is 5.56 Å². The van der Waals surface area contributed by atoms with Crippen molar-refractivity contribution in [3.05, 3.63) is 57.5 Å². The lowest BCUT2D eigenvalue weighted by molar-refractivity contribution is -0.116. The highest BCUT2D eigenvalue weighted by molar-refractivity contribution is 7.71. The average Bonchev–Trinajstić information content (AvgIpc) is 3.37. The molecule has 4 aromatic rings. The Morgan fingerprint density at radius 3 is 2.96 bits per heavy atom. The molecule has 0 spiro atoms. The van der Waals surface area contributed by atoms with Crippen molar-refractivity contribution in [3.8, 4) is 22.0 Å². The molecule has 6 nitrogen and oxygen atoms in total. The molecule has 0 aliphatic carbocycles. The fourth-order valence-electron chi connectivity index (χ4n) is 2.64. The third-order valence-electron chi connectivity index (χ3n) is 3.86. The Labute approximate surface area is 168 Å². The van der Waals surface area contributed by atoms with Crippen LogP contribution < -0.4 is 5.32 Å². The number of hydrogen-bond acceptors (Lipinski definition) is 6. The van der Waals surface area contributed by atoms with Gasteiger partial charge in [0.25, 0.3) is 0 Å². The summed E-state index contributed by atoms with van der Waals surface area (Å²) in [6, 6.07) is 11.9. The van der Waals surface area contributed by atoms with Gasteiger partial charge in [-0.1, -0.05) is 29.8 Å². The molecule has 3 aromatic heterocycles. The summed E-state index contributed by atoms with van der Waals surface area (Å²) >= 11 is 8.32. The molecule has 9 heteroatoms. The molecule has 2 N–H and O–H groups in total. The molecule has 0 unspecified atom stereocenters. The number of aryl methyl sites for hydroxylation is 1. The van der Waals surface area contributed by atoms with Crippen molar-refractivity contribution in [2.75, 3.05) is 5.32 Å². The number of amides is 1. The number of carbonyl (C=O) groups excluding carboxylic acids is 1. The predicted octanol–water partition coefficient (Wildman–Crippen LogP) is 4.74. The molecule has 0 saturated carbocycles. The molecule has 0 aliphatic heterocycles. The van der Waals surface area contributed by atoms with Crippen LogP contribution in [0.25, 0.3) is 22.0 Å². The first kappa shape index (κ1) is 17.8. The van der Waals surface area contributed by atoms with Gasteiger partial charge in [-0.15, -0.1) is 22.7 Å². The summed E-state index contributed by atoms with van der Waals surface area (Å²) in [4.78, 5) is 18.1. The lowest BCUT2D eigenvalue weighted by Gasteiger charge is -2.07. The summed E-state index contributed by atoms with van der Waals surface area (Å²) in [5.74, 6) is 0.436. The Morgan fingerprint density at radius 1 is 1.30 bits per heavy atom. The smallest absolute Gasteiger partial charge is 0.246 e. The maximum absolute atomic E-state index is 12.5. The molecule has 0 bridgehead atoms. The zero-order valence-corrected chi connectivity index (χ0v) is 16.8. The zero-order valence-electron chi connectivity index (χ0n) is 14.3. The minimum Gasteiger partial charge on any atom is -0.300 e. The van der Waals surface area contributed by atoms with Gasteiger partial charge in [0.2, 0.25) is 5.91 Å². The molecule has 0 atom stereocenters. The highest BCUT2D eigenvalue weighted by Crippen LogP contribution is 2.28. The van der Waals surface area contributed by atoms with Crippen molar-refractivity contribution in [1.29, 1.82) is 0 Å². The Bertz CT molecular complexity index is 1140. The van der Waals surface area contributed by atoms with Crippen molar-refractivity contribution < 1.29 is 4.79 Å². The van der Waals surface area contributed by atoms with Gasteiger partial charge in [-0.3, -0.25) is 14.5 Å². The highest BCUT2D eigenvalue weighted by atomic mass is 32.1. The maximum Gasteiger partial charge on any atom is 0.246 e. The predicted molar refractivity (Wildman–Crippen MR) is 112 cm³/mol. The number of rotatable bonds is 5. The molecule has 4 rings (SSSR count). The molecular formula is C18H15N5OS3.